The minimum Gasteiger partial charge on any atom is -0.417 e. The molecule has 4 aromatic rings. The first-order valence-electron chi connectivity index (χ1n) is 12.2. The fourth-order valence-electron chi connectivity index (χ4n) is 4.06. The Bertz CT molecular complexity index is 1360. The van der Waals surface area contributed by atoms with Crippen LogP contribution in [0.5, 0.6) is 0 Å². The van der Waals surface area contributed by atoms with Gasteiger partial charge in [-0.05, 0) is 54.6 Å². The van der Waals surface area contributed by atoms with Gasteiger partial charge in [0.05, 0.1) is 11.7 Å². The quantitative estimate of drug-likeness (QED) is 0.166. The van der Waals surface area contributed by atoms with Crippen LogP contribution in [-0.2, 0) is 11.1 Å². The highest BCUT2D eigenvalue weighted by molar-refractivity contribution is 7.51. The number of rotatable bonds is 12. The zero-order valence-electron chi connectivity index (χ0n) is 20.3. The van der Waals surface area contributed by atoms with Gasteiger partial charge in [-0.1, -0.05) is 55.8 Å². The first-order valence-corrected chi connectivity index (χ1v) is 14.0. The smallest absolute Gasteiger partial charge is 0.325 e. The summed E-state index contributed by atoms with van der Waals surface area (Å²) in [5, 5.41) is 12.8. The highest BCUT2D eigenvalue weighted by Gasteiger charge is 2.15. The van der Waals surface area contributed by atoms with E-state index in [0.29, 0.717) is 31.3 Å². The van der Waals surface area contributed by atoms with Crippen molar-refractivity contribution in [3.8, 4) is 11.5 Å². The van der Waals surface area contributed by atoms with E-state index < -0.39 is 7.60 Å². The summed E-state index contributed by atoms with van der Waals surface area (Å²) in [5.74, 6) is 0.899. The third-order valence-corrected chi connectivity index (χ3v) is 6.78. The molecular formula is C27H31N4O4P. The average Bonchev–Trinajstić information content (AvgIpc) is 3.34. The van der Waals surface area contributed by atoms with Gasteiger partial charge in [0, 0.05) is 29.8 Å². The topological polar surface area (TPSA) is 121 Å². The Morgan fingerprint density at radius 3 is 2.67 bits per heavy atom. The third-order valence-electron chi connectivity index (χ3n) is 5.88. The number of fused-ring (bicyclic) bond motifs is 1. The Morgan fingerprint density at radius 1 is 1.06 bits per heavy atom. The van der Waals surface area contributed by atoms with Gasteiger partial charge < -0.3 is 19.5 Å². The summed E-state index contributed by atoms with van der Waals surface area (Å²) in [4.78, 5) is 22.6. The van der Waals surface area contributed by atoms with Crippen LogP contribution in [0.4, 0.5) is 0 Å². The molecular weight excluding hydrogens is 475 g/mol. The number of allylic oxidation sites excluding steroid dienone is 1. The number of nitrogens with zero attached hydrogens (tertiary/aromatic N) is 3. The van der Waals surface area contributed by atoms with Gasteiger partial charge in [0.15, 0.2) is 0 Å². The number of unbranched alkanes of at least 4 members (excludes halogenated alkanes) is 1. The number of hydrogen-bond acceptors (Lipinski definition) is 6. The first-order chi connectivity index (χ1) is 17.4. The Kier molecular flexibility index (Phi) is 8.78. The van der Waals surface area contributed by atoms with E-state index in [2.05, 4.69) is 39.6 Å². The average molecular weight is 507 g/mol. The van der Waals surface area contributed by atoms with E-state index in [1.807, 2.05) is 48.5 Å². The Labute approximate surface area is 210 Å². The van der Waals surface area contributed by atoms with Gasteiger partial charge in [-0.3, -0.25) is 9.55 Å². The second kappa shape index (κ2) is 12.2. The lowest BCUT2D eigenvalue weighted by atomic mass is 10.00. The van der Waals surface area contributed by atoms with Gasteiger partial charge >= 0.3 is 7.60 Å². The van der Waals surface area contributed by atoms with E-state index in [9.17, 15) is 4.57 Å². The Balaban J connectivity index is 1.56. The van der Waals surface area contributed by atoms with Crippen LogP contribution in [0.15, 0.2) is 65.2 Å². The number of benzene rings is 2. The standard InChI is InChI=1S/C27H31N4O4P/c1-2-3-9-21(20-10-5-4-6-11-20)18-25-30-31-27(35-25)24-14-13-22(26-23(24)12-7-16-29-26)19-28-15-8-17-36(32,33)34/h4-7,10-14,16,18,28H,2-3,8-9,15,17,19H2,1H3,(H2,32,33,34). The molecule has 2 heterocycles. The highest BCUT2D eigenvalue weighted by atomic mass is 31.2. The van der Waals surface area contributed by atoms with Crippen molar-refractivity contribution in [3.05, 3.63) is 77.8 Å². The molecule has 9 heteroatoms. The summed E-state index contributed by atoms with van der Waals surface area (Å²) in [5.41, 5.74) is 4.93. The van der Waals surface area contributed by atoms with Crippen molar-refractivity contribution < 1.29 is 18.8 Å². The van der Waals surface area contributed by atoms with Crippen LogP contribution in [0.2, 0.25) is 0 Å². The summed E-state index contributed by atoms with van der Waals surface area (Å²) in [7, 11) is -3.97. The van der Waals surface area contributed by atoms with Crippen molar-refractivity contribution in [2.45, 2.75) is 39.2 Å². The molecule has 8 nitrogen and oxygen atoms in total. The van der Waals surface area contributed by atoms with Crippen LogP contribution in [0.1, 0.15) is 49.6 Å². The number of aromatic nitrogens is 3. The molecule has 0 atom stereocenters. The third kappa shape index (κ3) is 6.95. The molecule has 188 valence electrons. The van der Waals surface area contributed by atoms with E-state index >= 15 is 0 Å². The summed E-state index contributed by atoms with van der Waals surface area (Å²) >= 11 is 0. The van der Waals surface area contributed by atoms with E-state index in [0.717, 1.165) is 46.9 Å². The van der Waals surface area contributed by atoms with Crippen molar-refractivity contribution in [2.75, 3.05) is 12.7 Å². The minimum absolute atomic E-state index is 0.129. The van der Waals surface area contributed by atoms with Crippen LogP contribution >= 0.6 is 7.60 Å². The van der Waals surface area contributed by atoms with Crippen LogP contribution in [-0.4, -0.2) is 37.7 Å². The summed E-state index contributed by atoms with van der Waals surface area (Å²) in [6.45, 7) is 3.21. The second-order valence-electron chi connectivity index (χ2n) is 8.68. The normalized spacial score (nSPS) is 12.4. The monoisotopic (exact) mass is 506 g/mol. The molecule has 0 aliphatic carbocycles. The molecule has 0 aliphatic rings. The number of hydrogen-bond donors (Lipinski definition) is 3. The van der Waals surface area contributed by atoms with E-state index in [1.165, 1.54) is 5.57 Å². The van der Waals surface area contributed by atoms with E-state index in [4.69, 9.17) is 14.2 Å². The van der Waals surface area contributed by atoms with Crippen molar-refractivity contribution >= 4 is 30.1 Å². The maximum Gasteiger partial charge on any atom is 0.325 e. The molecule has 0 amide bonds. The maximum absolute atomic E-state index is 11.0. The van der Waals surface area contributed by atoms with Gasteiger partial charge in [-0.25, -0.2) is 0 Å². The predicted molar refractivity (Wildman–Crippen MR) is 142 cm³/mol. The first kappa shape index (κ1) is 25.9. The molecule has 2 aromatic carbocycles. The fraction of sp³-hybridized carbons (Fsp3) is 0.296. The van der Waals surface area contributed by atoms with E-state index in [1.54, 1.807) is 6.20 Å². The highest BCUT2D eigenvalue weighted by Crippen LogP contribution is 2.34. The number of nitrogens with one attached hydrogen (secondary N) is 1. The fourth-order valence-corrected chi connectivity index (χ4v) is 4.63. The van der Waals surface area contributed by atoms with Crippen molar-refractivity contribution in [3.63, 3.8) is 0 Å². The summed E-state index contributed by atoms with van der Waals surface area (Å²) in [6.07, 6.45) is 7.09. The molecule has 0 spiro atoms. The molecule has 0 saturated heterocycles. The van der Waals surface area contributed by atoms with Crippen molar-refractivity contribution in [1.82, 2.24) is 20.5 Å². The largest absolute Gasteiger partial charge is 0.417 e. The lowest BCUT2D eigenvalue weighted by Gasteiger charge is -2.10. The Hall–Kier alpha value is -3.16. The molecule has 2 aromatic heterocycles. The van der Waals surface area contributed by atoms with Gasteiger partial charge in [0.25, 0.3) is 0 Å². The molecule has 36 heavy (non-hydrogen) atoms. The number of pyridine rings is 1. The maximum atomic E-state index is 11.0. The summed E-state index contributed by atoms with van der Waals surface area (Å²) in [6, 6.07) is 18.0. The van der Waals surface area contributed by atoms with Crippen LogP contribution in [0.25, 0.3) is 34.0 Å². The lowest BCUT2D eigenvalue weighted by molar-refractivity contribution is 0.371. The molecule has 4 rings (SSSR count). The van der Waals surface area contributed by atoms with Crippen molar-refractivity contribution in [2.24, 2.45) is 0 Å². The molecule has 0 aliphatic heterocycles. The molecule has 0 bridgehead atoms. The van der Waals surface area contributed by atoms with Crippen LogP contribution in [0.3, 0.4) is 0 Å². The van der Waals surface area contributed by atoms with E-state index in [-0.39, 0.29) is 6.16 Å². The lowest BCUT2D eigenvalue weighted by Crippen LogP contribution is -2.16. The van der Waals surface area contributed by atoms with Gasteiger partial charge in [0.2, 0.25) is 11.8 Å². The van der Waals surface area contributed by atoms with Crippen LogP contribution in [0, 0.1) is 0 Å². The molecule has 0 fully saturated rings. The summed E-state index contributed by atoms with van der Waals surface area (Å²) < 4.78 is 17.1. The SMILES string of the molecule is CCCCC(=Cc1nnc(-c2ccc(CNCCCP(=O)(O)O)c3ncccc23)o1)c1ccccc1. The minimum atomic E-state index is -3.97. The molecule has 0 unspecified atom stereocenters. The van der Waals surface area contributed by atoms with Gasteiger partial charge in [-0.15, -0.1) is 10.2 Å². The van der Waals surface area contributed by atoms with Crippen molar-refractivity contribution in [1.29, 1.82) is 0 Å². The zero-order chi connectivity index (χ0) is 25.4. The molecule has 0 radical (unpaired) electrons. The molecule has 3 N–H and O–H groups in total. The Morgan fingerprint density at radius 2 is 1.89 bits per heavy atom. The predicted octanol–water partition coefficient (Wildman–Crippen LogP) is 5.67. The zero-order valence-corrected chi connectivity index (χ0v) is 21.2. The second-order valence-corrected chi connectivity index (χ2v) is 10.5. The van der Waals surface area contributed by atoms with Gasteiger partial charge in [0.1, 0.15) is 0 Å². The van der Waals surface area contributed by atoms with Gasteiger partial charge in [-0.2, -0.15) is 0 Å². The van der Waals surface area contributed by atoms with Crippen LogP contribution < -0.4 is 5.32 Å². The molecule has 0 saturated carbocycles.